The summed E-state index contributed by atoms with van der Waals surface area (Å²) in [5, 5.41) is 3.25. The molecule has 4 bridgehead atoms. The fraction of sp³-hybridized carbons (Fsp3) is 0.692. The van der Waals surface area contributed by atoms with E-state index in [0.717, 1.165) is 32.5 Å². The number of carbonyl (C=O) groups is 2. The molecule has 4 unspecified atom stereocenters. The number of benzene rings is 1. The first-order valence-electron chi connectivity index (χ1n) is 12.1. The summed E-state index contributed by atoms with van der Waals surface area (Å²) in [6.07, 6.45) is 2.16. The quantitative estimate of drug-likeness (QED) is 0.727. The third-order valence-corrected chi connectivity index (χ3v) is 7.77. The average molecular weight is 426 g/mol. The van der Waals surface area contributed by atoms with E-state index in [9.17, 15) is 9.59 Å². The summed E-state index contributed by atoms with van der Waals surface area (Å²) in [4.78, 5) is 31.3. The van der Waals surface area contributed by atoms with Crippen LogP contribution in [0.5, 0.6) is 0 Å². The van der Waals surface area contributed by atoms with Crippen LogP contribution in [0.4, 0.5) is 0 Å². The molecule has 0 radical (unpaired) electrons. The molecule has 1 aromatic carbocycles. The molecule has 3 saturated heterocycles. The van der Waals surface area contributed by atoms with Gasteiger partial charge in [-0.05, 0) is 42.1 Å². The summed E-state index contributed by atoms with van der Waals surface area (Å²) < 4.78 is 0. The first-order valence-corrected chi connectivity index (χ1v) is 12.1. The predicted molar refractivity (Wildman–Crippen MR) is 123 cm³/mol. The van der Waals surface area contributed by atoms with Gasteiger partial charge in [0.25, 0.3) is 0 Å². The number of nitrogens with one attached hydrogen (secondary N) is 1. The van der Waals surface area contributed by atoms with Crippen molar-refractivity contribution in [3.8, 4) is 0 Å². The minimum atomic E-state index is -0.732. The fourth-order valence-electron chi connectivity index (χ4n) is 6.80. The number of nitrogens with zero attached hydrogens (tertiary/aromatic N) is 2. The Balaban J connectivity index is 1.76. The summed E-state index contributed by atoms with van der Waals surface area (Å²) in [6.45, 7) is 13.6. The van der Waals surface area contributed by atoms with Gasteiger partial charge in [-0.3, -0.25) is 14.5 Å². The zero-order chi connectivity index (χ0) is 22.3. The maximum Gasteiger partial charge on any atom is 0.247 e. The monoisotopic (exact) mass is 425 g/mol. The Labute approximate surface area is 187 Å². The topological polar surface area (TPSA) is 52.7 Å². The smallest absolute Gasteiger partial charge is 0.247 e. The van der Waals surface area contributed by atoms with Crippen LogP contribution in [-0.2, 0) is 16.1 Å². The zero-order valence-corrected chi connectivity index (χ0v) is 19.8. The molecule has 5 atom stereocenters. The van der Waals surface area contributed by atoms with Crippen LogP contribution in [0.3, 0.4) is 0 Å². The Morgan fingerprint density at radius 2 is 1.81 bits per heavy atom. The van der Waals surface area contributed by atoms with Crippen LogP contribution in [0.15, 0.2) is 30.3 Å². The molecule has 3 aliphatic heterocycles. The van der Waals surface area contributed by atoms with Crippen LogP contribution in [0, 0.1) is 29.6 Å². The van der Waals surface area contributed by atoms with E-state index in [2.05, 4.69) is 62.2 Å². The second-order valence-corrected chi connectivity index (χ2v) is 10.9. The standard InChI is InChI=1S/C26H39N3O2/c1-17(2)11-23-21-12-22-16-28(14-20-9-7-6-8-10-20)24(23)26(22,29(15-21)19(5)30)25(31)27-13-18(3)4/h6-10,17-18,21-24H,11-16H2,1-5H3,(H,27,31)/t21?,22?,23?,24-,26?/m0/s1. The lowest BCUT2D eigenvalue weighted by atomic mass is 9.56. The zero-order valence-electron chi connectivity index (χ0n) is 19.8. The number of likely N-dealkylation sites (tertiary alicyclic amines) is 1. The van der Waals surface area contributed by atoms with Gasteiger partial charge in [-0.2, -0.15) is 0 Å². The number of fused-ring (bicyclic) bond motifs is 1. The third kappa shape index (κ3) is 3.79. The molecule has 1 aromatic rings. The SMILES string of the molecule is CC(=O)N1CC2CC3CN(Cc4ccccc4)[C@@H](C2CC(C)C)C31C(=O)NCC(C)C. The molecular formula is C26H39N3O2. The highest BCUT2D eigenvalue weighted by Crippen LogP contribution is 2.58. The Bertz CT molecular complexity index is 808. The van der Waals surface area contributed by atoms with Crippen molar-refractivity contribution >= 4 is 11.8 Å². The van der Waals surface area contributed by atoms with Gasteiger partial charge in [-0.1, -0.05) is 58.0 Å². The van der Waals surface area contributed by atoms with E-state index in [-0.39, 0.29) is 23.8 Å². The molecule has 5 rings (SSSR count). The molecular weight excluding hydrogens is 386 g/mol. The Morgan fingerprint density at radius 1 is 1.10 bits per heavy atom. The van der Waals surface area contributed by atoms with Gasteiger partial charge < -0.3 is 10.2 Å². The summed E-state index contributed by atoms with van der Waals surface area (Å²) in [5.74, 6) is 2.22. The van der Waals surface area contributed by atoms with E-state index in [1.165, 1.54) is 5.56 Å². The van der Waals surface area contributed by atoms with Crippen molar-refractivity contribution in [2.45, 2.75) is 65.6 Å². The first-order chi connectivity index (χ1) is 14.7. The molecule has 31 heavy (non-hydrogen) atoms. The molecule has 170 valence electrons. The second kappa shape index (κ2) is 8.57. The van der Waals surface area contributed by atoms with Gasteiger partial charge in [-0.25, -0.2) is 0 Å². The minimum Gasteiger partial charge on any atom is -0.354 e. The van der Waals surface area contributed by atoms with Crippen molar-refractivity contribution in [3.05, 3.63) is 35.9 Å². The van der Waals surface area contributed by atoms with E-state index in [1.54, 1.807) is 6.92 Å². The van der Waals surface area contributed by atoms with Crippen molar-refractivity contribution in [1.82, 2.24) is 15.1 Å². The largest absolute Gasteiger partial charge is 0.354 e. The summed E-state index contributed by atoms with van der Waals surface area (Å²) in [6, 6.07) is 10.7. The highest BCUT2D eigenvalue weighted by molar-refractivity contribution is 5.93. The van der Waals surface area contributed by atoms with E-state index in [0.29, 0.717) is 30.2 Å². The lowest BCUT2D eigenvalue weighted by Crippen LogP contribution is -2.77. The van der Waals surface area contributed by atoms with Gasteiger partial charge in [0, 0.05) is 45.1 Å². The van der Waals surface area contributed by atoms with E-state index in [4.69, 9.17) is 0 Å². The summed E-state index contributed by atoms with van der Waals surface area (Å²) in [5.41, 5.74) is 0.547. The van der Waals surface area contributed by atoms with Crippen molar-refractivity contribution in [1.29, 1.82) is 0 Å². The van der Waals surface area contributed by atoms with Crippen LogP contribution < -0.4 is 5.32 Å². The minimum absolute atomic E-state index is 0.0453. The molecule has 2 amide bonds. The van der Waals surface area contributed by atoms with Crippen LogP contribution >= 0.6 is 0 Å². The molecule has 0 spiro atoms. The van der Waals surface area contributed by atoms with Gasteiger partial charge in [-0.15, -0.1) is 0 Å². The van der Waals surface area contributed by atoms with Crippen LogP contribution in [0.25, 0.3) is 0 Å². The van der Waals surface area contributed by atoms with Gasteiger partial charge in [0.05, 0.1) is 0 Å². The van der Waals surface area contributed by atoms with Crippen molar-refractivity contribution < 1.29 is 9.59 Å². The lowest BCUT2D eigenvalue weighted by Gasteiger charge is -2.61. The van der Waals surface area contributed by atoms with Crippen LogP contribution in [0.2, 0.25) is 0 Å². The molecule has 3 heterocycles. The number of piperidine rings is 2. The maximum atomic E-state index is 14.0. The van der Waals surface area contributed by atoms with Gasteiger partial charge in [0.1, 0.15) is 5.54 Å². The molecule has 5 nitrogen and oxygen atoms in total. The number of hydrogen-bond acceptors (Lipinski definition) is 3. The summed E-state index contributed by atoms with van der Waals surface area (Å²) in [7, 11) is 0. The molecule has 1 aliphatic carbocycles. The average Bonchev–Trinajstić information content (AvgIpc) is 2.97. The third-order valence-electron chi connectivity index (χ3n) is 7.77. The predicted octanol–water partition coefficient (Wildman–Crippen LogP) is 3.54. The summed E-state index contributed by atoms with van der Waals surface area (Å²) >= 11 is 0. The molecule has 1 N–H and O–H groups in total. The molecule has 4 aliphatic rings. The second-order valence-electron chi connectivity index (χ2n) is 10.9. The van der Waals surface area contributed by atoms with Crippen molar-refractivity contribution in [2.75, 3.05) is 19.6 Å². The van der Waals surface area contributed by atoms with E-state index in [1.807, 2.05) is 11.0 Å². The lowest BCUT2D eigenvalue weighted by molar-refractivity contribution is -0.173. The van der Waals surface area contributed by atoms with Crippen molar-refractivity contribution in [2.24, 2.45) is 29.6 Å². The number of hydrogen-bond donors (Lipinski definition) is 1. The van der Waals surface area contributed by atoms with E-state index < -0.39 is 5.54 Å². The van der Waals surface area contributed by atoms with Gasteiger partial charge in [0.2, 0.25) is 11.8 Å². The Kier molecular flexibility index (Phi) is 6.17. The number of amides is 2. The van der Waals surface area contributed by atoms with Crippen LogP contribution in [-0.4, -0.2) is 52.8 Å². The van der Waals surface area contributed by atoms with Gasteiger partial charge >= 0.3 is 0 Å². The highest BCUT2D eigenvalue weighted by Gasteiger charge is 2.71. The molecule has 0 aromatic heterocycles. The Morgan fingerprint density at radius 3 is 2.42 bits per heavy atom. The Hall–Kier alpha value is -1.88. The van der Waals surface area contributed by atoms with Crippen molar-refractivity contribution in [3.63, 3.8) is 0 Å². The normalized spacial score (nSPS) is 32.2. The van der Waals surface area contributed by atoms with E-state index >= 15 is 0 Å². The van der Waals surface area contributed by atoms with Crippen LogP contribution in [0.1, 0.15) is 53.0 Å². The van der Waals surface area contributed by atoms with Gasteiger partial charge in [0.15, 0.2) is 0 Å². The fourth-order valence-corrected chi connectivity index (χ4v) is 6.80. The first kappa shape index (κ1) is 22.3. The molecule has 5 heteroatoms. The highest BCUT2D eigenvalue weighted by atomic mass is 16.2. The molecule has 1 saturated carbocycles. The number of carbonyl (C=O) groups excluding carboxylic acids is 2. The molecule has 4 fully saturated rings. The number of rotatable bonds is 7. The maximum absolute atomic E-state index is 14.0.